The molecule has 0 unspecified atom stereocenters. The molecule has 5 heterocycles. The third-order valence-corrected chi connectivity index (χ3v) is 8.32. The molecule has 0 atom stereocenters. The van der Waals surface area contributed by atoms with Crippen molar-refractivity contribution >= 4 is 44.1 Å². The van der Waals surface area contributed by atoms with Crippen LogP contribution in [-0.4, -0.2) is 29.9 Å². The SMILES string of the molecule is Cc1ccc2c(c1)-c1nc-2nc2[n-]c(nc3nc(nc4[n-]c(n1)c1ccc(C)cc41)-c1ccc(C)cc1-3)c1ccc(C)cc21.[Fe+2]. The molecule has 0 saturated heterocycles. The van der Waals surface area contributed by atoms with E-state index in [-0.39, 0.29) is 17.1 Å². The molecule has 9 heteroatoms. The quantitative estimate of drug-likeness (QED) is 0.161. The second-order valence-corrected chi connectivity index (χ2v) is 11.7. The van der Waals surface area contributed by atoms with E-state index in [4.69, 9.17) is 39.9 Å². The smallest absolute Gasteiger partial charge is 0.357 e. The third-order valence-electron chi connectivity index (χ3n) is 8.32. The van der Waals surface area contributed by atoms with Crippen LogP contribution in [0.4, 0.5) is 0 Å². The van der Waals surface area contributed by atoms with Crippen LogP contribution in [0.25, 0.3) is 89.7 Å². The summed E-state index contributed by atoms with van der Waals surface area (Å²) >= 11 is 0. The van der Waals surface area contributed by atoms with Crippen LogP contribution < -0.4 is 9.97 Å². The van der Waals surface area contributed by atoms with Gasteiger partial charge in [0.15, 0.2) is 0 Å². The monoisotopic (exact) mass is 624 g/mol. The zero-order chi connectivity index (χ0) is 29.7. The fourth-order valence-electron chi connectivity index (χ4n) is 6.12. The molecular formula is C36H24FeN8. The number of benzene rings is 4. The van der Waals surface area contributed by atoms with Gasteiger partial charge >= 0.3 is 17.1 Å². The number of nitrogens with zero attached hydrogens (tertiary/aromatic N) is 8. The Hall–Kier alpha value is -5.24. The normalized spacial score (nSPS) is 11.8. The van der Waals surface area contributed by atoms with Gasteiger partial charge in [-0.3, -0.25) is 0 Å². The molecule has 0 radical (unpaired) electrons. The second kappa shape index (κ2) is 9.89. The molecule has 4 aromatic carbocycles. The van der Waals surface area contributed by atoms with Crippen molar-refractivity contribution in [3.05, 3.63) is 95.1 Å². The maximum atomic E-state index is 5.05. The molecule has 0 aliphatic carbocycles. The van der Waals surface area contributed by atoms with Crippen LogP contribution in [0.3, 0.4) is 0 Å². The minimum atomic E-state index is 0. The Morgan fingerprint density at radius 1 is 0.356 bits per heavy atom. The van der Waals surface area contributed by atoms with Gasteiger partial charge in [0.2, 0.25) is 0 Å². The number of hydrogen-bond donors (Lipinski definition) is 0. The molecule has 0 saturated carbocycles. The first-order valence-electron chi connectivity index (χ1n) is 14.5. The Labute approximate surface area is 268 Å². The van der Waals surface area contributed by atoms with Crippen LogP contribution in [0, 0.1) is 27.7 Å². The average Bonchev–Trinajstić information content (AvgIpc) is 3.71. The van der Waals surface area contributed by atoms with Crippen molar-refractivity contribution in [1.29, 1.82) is 0 Å². The first-order valence-corrected chi connectivity index (χ1v) is 14.5. The summed E-state index contributed by atoms with van der Waals surface area (Å²) in [4.78, 5) is 40.0. The fraction of sp³-hybridized carbons (Fsp3) is 0.111. The summed E-state index contributed by atoms with van der Waals surface area (Å²) in [5.41, 5.74) is 10.3. The fourth-order valence-corrected chi connectivity index (χ4v) is 6.12. The van der Waals surface area contributed by atoms with Gasteiger partial charge in [0, 0.05) is 44.8 Å². The standard InChI is InChI=1S/C36H24N8.Fe/c1-17-5-9-21-25(13-17)33-37-29(21)42-34-27-15-19(3)7-11-23(27)31(39-34)44-36-28-16-20(4)8-12-24(28)32(40-36)43-35-26-14-18(2)6-10-22(26)30(38-35)41-33;/h5-16H,1-4H3;/q-2;+2. The maximum Gasteiger partial charge on any atom is 2.00 e. The number of aromatic nitrogens is 8. The van der Waals surface area contributed by atoms with E-state index in [0.29, 0.717) is 45.9 Å². The van der Waals surface area contributed by atoms with E-state index < -0.39 is 0 Å². The van der Waals surface area contributed by atoms with Gasteiger partial charge in [-0.25, -0.2) is 9.97 Å². The second-order valence-electron chi connectivity index (χ2n) is 11.7. The molecule has 0 amide bonds. The molecule has 9 rings (SSSR count). The van der Waals surface area contributed by atoms with E-state index in [1.165, 1.54) is 0 Å². The van der Waals surface area contributed by atoms with Gasteiger partial charge in [-0.2, -0.15) is 0 Å². The Bertz CT molecular complexity index is 2380. The van der Waals surface area contributed by atoms with Crippen LogP contribution in [-0.2, 0) is 17.1 Å². The van der Waals surface area contributed by atoms with Crippen LogP contribution in [0.15, 0.2) is 72.8 Å². The molecule has 2 aliphatic heterocycles. The third kappa shape index (κ3) is 4.27. The zero-order valence-electron chi connectivity index (χ0n) is 24.9. The Balaban J connectivity index is 0.00000300. The maximum absolute atomic E-state index is 5.05. The van der Waals surface area contributed by atoms with Crippen molar-refractivity contribution in [3.63, 3.8) is 0 Å². The van der Waals surface area contributed by atoms with Gasteiger partial charge in [0.05, 0.1) is 23.3 Å². The van der Waals surface area contributed by atoms with Crippen molar-refractivity contribution in [1.82, 2.24) is 39.9 Å². The van der Waals surface area contributed by atoms with E-state index in [2.05, 4.69) is 100 Å². The minimum Gasteiger partial charge on any atom is -0.357 e. The number of hydrogen-bond acceptors (Lipinski definition) is 6. The average molecular weight is 624 g/mol. The summed E-state index contributed by atoms with van der Waals surface area (Å²) in [6, 6.07) is 24.9. The molecule has 7 aromatic rings. The molecule has 0 N–H and O–H groups in total. The predicted octanol–water partition coefficient (Wildman–Crippen LogP) is 7.36. The van der Waals surface area contributed by atoms with Crippen LogP contribution in [0.1, 0.15) is 22.3 Å². The topological polar surface area (TPSA) is 106 Å². The van der Waals surface area contributed by atoms with Crippen molar-refractivity contribution in [2.45, 2.75) is 27.7 Å². The molecule has 45 heavy (non-hydrogen) atoms. The van der Waals surface area contributed by atoms with Gasteiger partial charge in [-0.1, -0.05) is 82.9 Å². The van der Waals surface area contributed by atoms with Gasteiger partial charge in [-0.05, 0) is 61.4 Å². The zero-order valence-corrected chi connectivity index (χ0v) is 26.0. The van der Waals surface area contributed by atoms with E-state index in [1.807, 2.05) is 0 Å². The summed E-state index contributed by atoms with van der Waals surface area (Å²) < 4.78 is 0. The van der Waals surface area contributed by atoms with E-state index in [1.54, 1.807) is 0 Å². The van der Waals surface area contributed by atoms with E-state index in [9.17, 15) is 0 Å². The van der Waals surface area contributed by atoms with E-state index >= 15 is 0 Å². The molecule has 8 bridgehead atoms. The summed E-state index contributed by atoms with van der Waals surface area (Å²) in [5, 5.41) is 3.63. The van der Waals surface area contributed by atoms with Crippen LogP contribution in [0.5, 0.6) is 0 Å². The Morgan fingerprint density at radius 2 is 0.689 bits per heavy atom. The first kappa shape index (κ1) is 27.3. The molecule has 8 nitrogen and oxygen atoms in total. The van der Waals surface area contributed by atoms with Crippen molar-refractivity contribution in [2.24, 2.45) is 0 Å². The molecule has 0 spiro atoms. The predicted molar refractivity (Wildman–Crippen MR) is 173 cm³/mol. The Morgan fingerprint density at radius 3 is 1.11 bits per heavy atom. The largest absolute Gasteiger partial charge is 2.00 e. The van der Waals surface area contributed by atoms with Gasteiger partial charge < -0.3 is 29.9 Å². The van der Waals surface area contributed by atoms with Crippen LogP contribution >= 0.6 is 0 Å². The molecular weight excluding hydrogens is 600 g/mol. The van der Waals surface area contributed by atoms with Crippen molar-refractivity contribution in [2.75, 3.05) is 0 Å². The van der Waals surface area contributed by atoms with Crippen molar-refractivity contribution < 1.29 is 17.1 Å². The van der Waals surface area contributed by atoms with Crippen molar-refractivity contribution in [3.8, 4) is 45.6 Å². The van der Waals surface area contributed by atoms with Gasteiger partial charge in [-0.15, -0.1) is 0 Å². The molecule has 3 aromatic heterocycles. The van der Waals surface area contributed by atoms with Gasteiger partial charge in [0.1, 0.15) is 0 Å². The summed E-state index contributed by atoms with van der Waals surface area (Å²) in [6.07, 6.45) is 0. The summed E-state index contributed by atoms with van der Waals surface area (Å²) in [5.74, 6) is 2.25. The molecule has 216 valence electrons. The minimum absolute atomic E-state index is 0. The number of fused-ring (bicyclic) bond motifs is 20. The first-order chi connectivity index (χ1) is 21.4. The summed E-state index contributed by atoms with van der Waals surface area (Å²) in [7, 11) is 0. The molecule has 0 fully saturated rings. The number of rotatable bonds is 0. The number of aryl methyl sites for hydroxylation is 4. The van der Waals surface area contributed by atoms with E-state index in [0.717, 1.165) is 66.1 Å². The van der Waals surface area contributed by atoms with Crippen LogP contribution in [0.2, 0.25) is 0 Å². The molecule has 2 aliphatic rings. The van der Waals surface area contributed by atoms with Gasteiger partial charge in [0.25, 0.3) is 0 Å². The Kier molecular flexibility index (Phi) is 6.00. The summed E-state index contributed by atoms with van der Waals surface area (Å²) in [6.45, 7) is 8.25.